The van der Waals surface area contributed by atoms with Crippen LogP contribution in [-0.2, 0) is 6.61 Å². The lowest BCUT2D eigenvalue weighted by Gasteiger charge is -2.10. The third-order valence-electron chi connectivity index (χ3n) is 2.39. The summed E-state index contributed by atoms with van der Waals surface area (Å²) in [7, 11) is 0. The SMILES string of the molecule is Nc1cc(I)c(F)cc1OCc1ccccc1Cl. The standard InChI is InChI=1S/C13H10ClFINO/c14-9-4-2-1-3-8(9)7-18-13-5-10(15)11(16)6-12(13)17/h1-6H,7,17H2. The second-order valence-electron chi connectivity index (χ2n) is 3.68. The van der Waals surface area contributed by atoms with E-state index < -0.39 is 0 Å². The molecule has 0 fully saturated rings. The topological polar surface area (TPSA) is 35.2 Å². The Labute approximate surface area is 123 Å². The normalized spacial score (nSPS) is 10.4. The molecule has 0 heterocycles. The van der Waals surface area contributed by atoms with Gasteiger partial charge in [-0.05, 0) is 34.7 Å². The quantitative estimate of drug-likeness (QED) is 0.641. The van der Waals surface area contributed by atoms with Crippen molar-refractivity contribution in [3.63, 3.8) is 0 Å². The number of nitrogen functional groups attached to an aromatic ring is 1. The molecule has 0 saturated carbocycles. The van der Waals surface area contributed by atoms with Crippen molar-refractivity contribution in [2.45, 2.75) is 6.61 Å². The van der Waals surface area contributed by atoms with Crippen LogP contribution in [0.15, 0.2) is 36.4 Å². The molecule has 0 atom stereocenters. The second-order valence-corrected chi connectivity index (χ2v) is 5.25. The van der Waals surface area contributed by atoms with Crippen LogP contribution in [0.5, 0.6) is 5.75 Å². The summed E-state index contributed by atoms with van der Waals surface area (Å²) in [6, 6.07) is 10.2. The van der Waals surface area contributed by atoms with Crippen molar-refractivity contribution < 1.29 is 9.13 Å². The Balaban J connectivity index is 2.16. The molecule has 0 aromatic heterocycles. The van der Waals surface area contributed by atoms with Crippen molar-refractivity contribution in [3.8, 4) is 5.75 Å². The van der Waals surface area contributed by atoms with E-state index in [1.54, 1.807) is 6.07 Å². The number of halogens is 3. The van der Waals surface area contributed by atoms with E-state index in [1.165, 1.54) is 12.1 Å². The number of anilines is 1. The Hall–Kier alpha value is -1.01. The molecule has 5 heteroatoms. The minimum atomic E-state index is -0.348. The number of hydrogen-bond donors (Lipinski definition) is 1. The van der Waals surface area contributed by atoms with Gasteiger partial charge in [-0.2, -0.15) is 0 Å². The summed E-state index contributed by atoms with van der Waals surface area (Å²) in [4.78, 5) is 0. The summed E-state index contributed by atoms with van der Waals surface area (Å²) in [5.41, 5.74) is 7.00. The van der Waals surface area contributed by atoms with Crippen molar-refractivity contribution >= 4 is 39.9 Å². The molecule has 0 bridgehead atoms. The molecule has 2 N–H and O–H groups in total. The fraction of sp³-hybridized carbons (Fsp3) is 0.0769. The van der Waals surface area contributed by atoms with E-state index in [-0.39, 0.29) is 12.4 Å². The predicted octanol–water partition coefficient (Wildman–Crippen LogP) is 4.24. The second kappa shape index (κ2) is 5.75. The van der Waals surface area contributed by atoms with Crippen LogP contribution in [0, 0.1) is 9.39 Å². The highest BCUT2D eigenvalue weighted by molar-refractivity contribution is 14.1. The monoisotopic (exact) mass is 377 g/mol. The molecule has 2 nitrogen and oxygen atoms in total. The molecule has 2 rings (SSSR count). The van der Waals surface area contributed by atoms with Gasteiger partial charge in [-0.25, -0.2) is 4.39 Å². The third kappa shape index (κ3) is 3.05. The molecule has 0 aliphatic rings. The van der Waals surface area contributed by atoms with E-state index in [9.17, 15) is 4.39 Å². The van der Waals surface area contributed by atoms with Gasteiger partial charge >= 0.3 is 0 Å². The van der Waals surface area contributed by atoms with Crippen molar-refractivity contribution in [3.05, 3.63) is 56.4 Å². The lowest BCUT2D eigenvalue weighted by molar-refractivity contribution is 0.306. The number of benzene rings is 2. The Bertz CT molecular complexity index is 577. The molecule has 2 aromatic carbocycles. The largest absolute Gasteiger partial charge is 0.487 e. The first-order valence-corrected chi connectivity index (χ1v) is 6.64. The number of hydrogen-bond acceptors (Lipinski definition) is 2. The molecular weight excluding hydrogens is 368 g/mol. The molecule has 0 spiro atoms. The predicted molar refractivity (Wildman–Crippen MR) is 79.3 cm³/mol. The lowest BCUT2D eigenvalue weighted by atomic mass is 10.2. The van der Waals surface area contributed by atoms with E-state index in [0.29, 0.717) is 20.0 Å². The van der Waals surface area contributed by atoms with Crippen molar-refractivity contribution in [1.82, 2.24) is 0 Å². The summed E-state index contributed by atoms with van der Waals surface area (Å²) in [5, 5.41) is 0.613. The van der Waals surface area contributed by atoms with Crippen LogP contribution in [0.1, 0.15) is 5.56 Å². The van der Waals surface area contributed by atoms with E-state index in [0.717, 1.165) is 5.56 Å². The summed E-state index contributed by atoms with van der Waals surface area (Å²) in [6.45, 7) is 0.254. The van der Waals surface area contributed by atoms with E-state index in [2.05, 4.69) is 0 Å². The highest BCUT2D eigenvalue weighted by atomic mass is 127. The summed E-state index contributed by atoms with van der Waals surface area (Å²) < 4.78 is 19.3. The summed E-state index contributed by atoms with van der Waals surface area (Å²) in [5.74, 6) is -0.0215. The number of ether oxygens (including phenoxy) is 1. The Kier molecular flexibility index (Phi) is 4.29. The van der Waals surface area contributed by atoms with Crippen molar-refractivity contribution in [2.75, 3.05) is 5.73 Å². The molecule has 0 saturated heterocycles. The van der Waals surface area contributed by atoms with Gasteiger partial charge in [-0.3, -0.25) is 0 Å². The Morgan fingerprint density at radius 3 is 2.72 bits per heavy atom. The van der Waals surface area contributed by atoms with Crippen molar-refractivity contribution in [2.24, 2.45) is 0 Å². The van der Waals surface area contributed by atoms with Gasteiger partial charge in [0.15, 0.2) is 0 Å². The Morgan fingerprint density at radius 1 is 1.28 bits per heavy atom. The maximum Gasteiger partial charge on any atom is 0.145 e. The zero-order chi connectivity index (χ0) is 13.1. The highest BCUT2D eigenvalue weighted by Gasteiger charge is 2.08. The van der Waals surface area contributed by atoms with Gasteiger partial charge in [0.1, 0.15) is 18.2 Å². The van der Waals surface area contributed by atoms with Gasteiger partial charge in [-0.1, -0.05) is 29.8 Å². The maximum absolute atomic E-state index is 13.4. The first kappa shape index (κ1) is 13.4. The number of nitrogens with two attached hydrogens (primary N) is 1. The molecule has 0 radical (unpaired) electrons. The molecule has 0 aliphatic carbocycles. The molecule has 0 amide bonds. The summed E-state index contributed by atoms with van der Waals surface area (Å²) >= 11 is 7.88. The van der Waals surface area contributed by atoms with Crippen LogP contribution in [-0.4, -0.2) is 0 Å². The number of rotatable bonds is 3. The fourth-order valence-corrected chi connectivity index (χ4v) is 2.12. The van der Waals surface area contributed by atoms with Crippen molar-refractivity contribution in [1.29, 1.82) is 0 Å². The molecule has 0 unspecified atom stereocenters. The van der Waals surface area contributed by atoms with E-state index in [1.807, 2.05) is 40.8 Å². The van der Waals surface area contributed by atoms with E-state index >= 15 is 0 Å². The van der Waals surface area contributed by atoms with Crippen LogP contribution in [0.2, 0.25) is 5.02 Å². The average molecular weight is 378 g/mol. The summed E-state index contributed by atoms with van der Waals surface area (Å²) in [6.07, 6.45) is 0. The highest BCUT2D eigenvalue weighted by Crippen LogP contribution is 2.27. The van der Waals surface area contributed by atoms with Crippen LogP contribution in [0.4, 0.5) is 10.1 Å². The Morgan fingerprint density at radius 2 is 2.00 bits per heavy atom. The van der Waals surface area contributed by atoms with Gasteiger partial charge in [0.25, 0.3) is 0 Å². The van der Waals surface area contributed by atoms with Gasteiger partial charge in [0, 0.05) is 16.7 Å². The van der Waals surface area contributed by atoms with Crippen LogP contribution in [0.25, 0.3) is 0 Å². The molecule has 18 heavy (non-hydrogen) atoms. The van der Waals surface area contributed by atoms with Gasteiger partial charge in [-0.15, -0.1) is 0 Å². The maximum atomic E-state index is 13.4. The fourth-order valence-electron chi connectivity index (χ4n) is 1.44. The molecular formula is C13H10ClFINO. The van der Waals surface area contributed by atoms with Crippen LogP contribution >= 0.6 is 34.2 Å². The lowest BCUT2D eigenvalue weighted by Crippen LogP contribution is -2.00. The van der Waals surface area contributed by atoms with Gasteiger partial charge in [0.05, 0.1) is 9.26 Å². The third-order valence-corrected chi connectivity index (χ3v) is 3.59. The van der Waals surface area contributed by atoms with Crippen LogP contribution in [0.3, 0.4) is 0 Å². The first-order chi connectivity index (χ1) is 8.58. The van der Waals surface area contributed by atoms with Gasteiger partial charge < -0.3 is 10.5 Å². The molecule has 0 aliphatic heterocycles. The van der Waals surface area contributed by atoms with Crippen LogP contribution < -0.4 is 10.5 Å². The minimum Gasteiger partial charge on any atom is -0.487 e. The average Bonchev–Trinajstić information content (AvgIpc) is 2.34. The molecule has 94 valence electrons. The minimum absolute atomic E-state index is 0.254. The van der Waals surface area contributed by atoms with Gasteiger partial charge in [0.2, 0.25) is 0 Å². The van der Waals surface area contributed by atoms with E-state index in [4.69, 9.17) is 22.1 Å². The first-order valence-electron chi connectivity index (χ1n) is 5.18. The smallest absolute Gasteiger partial charge is 0.145 e. The zero-order valence-corrected chi connectivity index (χ0v) is 12.2. The zero-order valence-electron chi connectivity index (χ0n) is 9.29. The molecule has 2 aromatic rings.